The maximum Gasteiger partial charge on any atom is 0.252 e. The van der Waals surface area contributed by atoms with Crippen LogP contribution in [0.25, 0.3) is 0 Å². The summed E-state index contributed by atoms with van der Waals surface area (Å²) in [7, 11) is 0. The van der Waals surface area contributed by atoms with Gasteiger partial charge in [-0.15, -0.1) is 5.10 Å². The Morgan fingerprint density at radius 1 is 1.53 bits per heavy atom. The third-order valence-corrected chi connectivity index (χ3v) is 2.56. The Balaban J connectivity index is 1.86. The minimum Gasteiger partial charge on any atom is -0.350 e. The van der Waals surface area contributed by atoms with Gasteiger partial charge in [0.2, 0.25) is 5.91 Å². The zero-order valence-electron chi connectivity index (χ0n) is 9.88. The van der Waals surface area contributed by atoms with E-state index in [1.807, 2.05) is 12.1 Å². The standard InChI is InChI=1S/C12H10ClN5O/c13-10-3-1-2-9(4-10)6-15-12(19)7-18-8-16-11(5-14)17-18/h1-4,8H,6-7H2,(H,15,19). The lowest BCUT2D eigenvalue weighted by atomic mass is 10.2. The van der Waals surface area contributed by atoms with Crippen molar-refractivity contribution in [2.75, 3.05) is 0 Å². The molecule has 96 valence electrons. The highest BCUT2D eigenvalue weighted by Gasteiger charge is 2.05. The monoisotopic (exact) mass is 275 g/mol. The minimum absolute atomic E-state index is 0.0231. The van der Waals surface area contributed by atoms with Gasteiger partial charge in [0, 0.05) is 11.6 Å². The average molecular weight is 276 g/mol. The molecule has 0 bridgehead atoms. The first-order chi connectivity index (χ1) is 9.17. The fourth-order valence-electron chi connectivity index (χ4n) is 1.47. The molecule has 19 heavy (non-hydrogen) atoms. The highest BCUT2D eigenvalue weighted by Crippen LogP contribution is 2.10. The average Bonchev–Trinajstić information content (AvgIpc) is 2.84. The fraction of sp³-hybridized carbons (Fsp3) is 0.167. The first-order valence-corrected chi connectivity index (χ1v) is 5.86. The van der Waals surface area contributed by atoms with Crippen LogP contribution in [0.2, 0.25) is 5.02 Å². The Kier molecular flexibility index (Phi) is 4.11. The molecule has 2 aromatic rings. The molecule has 0 unspecified atom stereocenters. The van der Waals surface area contributed by atoms with E-state index in [1.54, 1.807) is 18.2 Å². The Labute approximate surface area is 114 Å². The maximum absolute atomic E-state index is 11.7. The molecule has 0 spiro atoms. The van der Waals surface area contributed by atoms with Crippen molar-refractivity contribution in [2.45, 2.75) is 13.1 Å². The second kappa shape index (κ2) is 5.98. The van der Waals surface area contributed by atoms with Gasteiger partial charge in [-0.2, -0.15) is 5.26 Å². The van der Waals surface area contributed by atoms with Crippen LogP contribution in [0.5, 0.6) is 0 Å². The molecule has 1 aromatic heterocycles. The van der Waals surface area contributed by atoms with Gasteiger partial charge in [-0.1, -0.05) is 23.7 Å². The molecule has 0 atom stereocenters. The van der Waals surface area contributed by atoms with E-state index in [0.29, 0.717) is 11.6 Å². The van der Waals surface area contributed by atoms with Crippen LogP contribution in [0.1, 0.15) is 11.4 Å². The largest absolute Gasteiger partial charge is 0.350 e. The zero-order valence-corrected chi connectivity index (χ0v) is 10.6. The molecule has 0 saturated heterocycles. The minimum atomic E-state index is -0.214. The number of carbonyl (C=O) groups excluding carboxylic acids is 1. The SMILES string of the molecule is N#Cc1ncn(CC(=O)NCc2cccc(Cl)c2)n1. The smallest absolute Gasteiger partial charge is 0.252 e. The number of carbonyl (C=O) groups is 1. The number of rotatable bonds is 4. The van der Waals surface area contributed by atoms with Crippen LogP contribution in [0.4, 0.5) is 0 Å². The van der Waals surface area contributed by atoms with E-state index in [0.717, 1.165) is 5.56 Å². The second-order valence-electron chi connectivity index (χ2n) is 3.78. The van der Waals surface area contributed by atoms with Crippen LogP contribution in [0, 0.1) is 11.3 Å². The predicted molar refractivity (Wildman–Crippen MR) is 68.0 cm³/mol. The van der Waals surface area contributed by atoms with E-state index < -0.39 is 0 Å². The number of nitrogens with one attached hydrogen (secondary N) is 1. The molecule has 0 fully saturated rings. The molecule has 1 N–H and O–H groups in total. The van der Waals surface area contributed by atoms with Crippen molar-refractivity contribution >= 4 is 17.5 Å². The van der Waals surface area contributed by atoms with Crippen LogP contribution in [-0.4, -0.2) is 20.7 Å². The highest BCUT2D eigenvalue weighted by atomic mass is 35.5. The molecule has 2 rings (SSSR count). The lowest BCUT2D eigenvalue weighted by Crippen LogP contribution is -2.27. The van der Waals surface area contributed by atoms with E-state index in [4.69, 9.17) is 16.9 Å². The van der Waals surface area contributed by atoms with E-state index in [-0.39, 0.29) is 18.3 Å². The fourth-order valence-corrected chi connectivity index (χ4v) is 1.69. The van der Waals surface area contributed by atoms with Gasteiger partial charge in [0.05, 0.1) is 0 Å². The summed E-state index contributed by atoms with van der Waals surface area (Å²) in [4.78, 5) is 15.4. The number of nitrogens with zero attached hydrogens (tertiary/aromatic N) is 4. The summed E-state index contributed by atoms with van der Waals surface area (Å²) in [5.41, 5.74) is 0.914. The lowest BCUT2D eigenvalue weighted by molar-refractivity contribution is -0.122. The van der Waals surface area contributed by atoms with E-state index in [2.05, 4.69) is 15.4 Å². The third kappa shape index (κ3) is 3.79. The van der Waals surface area contributed by atoms with Gasteiger partial charge in [0.15, 0.2) is 0 Å². The predicted octanol–water partition coefficient (Wildman–Crippen LogP) is 1.12. The summed E-state index contributed by atoms with van der Waals surface area (Å²) in [6.07, 6.45) is 1.34. The van der Waals surface area contributed by atoms with E-state index in [9.17, 15) is 4.79 Å². The number of nitriles is 1. The van der Waals surface area contributed by atoms with Crippen LogP contribution < -0.4 is 5.32 Å². The molecule has 0 radical (unpaired) electrons. The summed E-state index contributed by atoms with van der Waals surface area (Å²) in [5, 5.41) is 15.7. The second-order valence-corrected chi connectivity index (χ2v) is 4.22. The van der Waals surface area contributed by atoms with Crippen molar-refractivity contribution in [1.82, 2.24) is 20.1 Å². The van der Waals surface area contributed by atoms with Crippen molar-refractivity contribution < 1.29 is 4.79 Å². The molecule has 1 heterocycles. The van der Waals surface area contributed by atoms with Crippen LogP contribution in [0.15, 0.2) is 30.6 Å². The molecule has 1 aromatic carbocycles. The van der Waals surface area contributed by atoms with Crippen LogP contribution >= 0.6 is 11.6 Å². The Morgan fingerprint density at radius 3 is 3.05 bits per heavy atom. The van der Waals surface area contributed by atoms with Gasteiger partial charge in [-0.3, -0.25) is 4.79 Å². The number of halogens is 1. The number of hydrogen-bond donors (Lipinski definition) is 1. The van der Waals surface area contributed by atoms with E-state index in [1.165, 1.54) is 11.0 Å². The molecule has 0 saturated carbocycles. The quantitative estimate of drug-likeness (QED) is 0.906. The van der Waals surface area contributed by atoms with Gasteiger partial charge in [-0.25, -0.2) is 9.67 Å². The van der Waals surface area contributed by atoms with Gasteiger partial charge >= 0.3 is 0 Å². The number of amides is 1. The molecule has 0 aliphatic rings. The van der Waals surface area contributed by atoms with Gasteiger partial charge in [0.25, 0.3) is 5.82 Å². The molecular weight excluding hydrogens is 266 g/mol. The summed E-state index contributed by atoms with van der Waals surface area (Å²) >= 11 is 5.84. The van der Waals surface area contributed by atoms with E-state index >= 15 is 0 Å². The Bertz CT molecular complexity index is 631. The molecular formula is C12H10ClN5O. The molecule has 0 aliphatic heterocycles. The molecule has 7 heteroatoms. The van der Waals surface area contributed by atoms with Crippen molar-refractivity contribution in [1.29, 1.82) is 5.26 Å². The van der Waals surface area contributed by atoms with Gasteiger partial charge in [-0.05, 0) is 17.7 Å². The number of aromatic nitrogens is 3. The first-order valence-electron chi connectivity index (χ1n) is 5.48. The highest BCUT2D eigenvalue weighted by molar-refractivity contribution is 6.30. The van der Waals surface area contributed by atoms with Gasteiger partial charge in [0.1, 0.15) is 18.9 Å². The summed E-state index contributed by atoms with van der Waals surface area (Å²) in [6.45, 7) is 0.411. The molecule has 6 nitrogen and oxygen atoms in total. The lowest BCUT2D eigenvalue weighted by Gasteiger charge is -2.05. The Hall–Kier alpha value is -2.39. The number of benzene rings is 1. The normalized spacial score (nSPS) is 9.89. The zero-order chi connectivity index (χ0) is 13.7. The van der Waals surface area contributed by atoms with Crippen molar-refractivity contribution in [2.24, 2.45) is 0 Å². The van der Waals surface area contributed by atoms with Crippen LogP contribution in [0.3, 0.4) is 0 Å². The van der Waals surface area contributed by atoms with Crippen molar-refractivity contribution in [3.05, 3.63) is 47.0 Å². The van der Waals surface area contributed by atoms with Crippen molar-refractivity contribution in [3.63, 3.8) is 0 Å². The number of hydrogen-bond acceptors (Lipinski definition) is 4. The third-order valence-electron chi connectivity index (χ3n) is 2.32. The molecule has 1 amide bonds. The first kappa shape index (κ1) is 13.1. The summed E-state index contributed by atoms with van der Waals surface area (Å²) in [5.74, 6) is -0.169. The van der Waals surface area contributed by atoms with Crippen molar-refractivity contribution in [3.8, 4) is 6.07 Å². The molecule has 0 aliphatic carbocycles. The topological polar surface area (TPSA) is 83.6 Å². The maximum atomic E-state index is 11.7. The summed E-state index contributed by atoms with van der Waals surface area (Å²) < 4.78 is 1.31. The van der Waals surface area contributed by atoms with Crippen LogP contribution in [-0.2, 0) is 17.9 Å². The van der Waals surface area contributed by atoms with Gasteiger partial charge < -0.3 is 5.32 Å². The Morgan fingerprint density at radius 2 is 2.37 bits per heavy atom. The summed E-state index contributed by atoms with van der Waals surface area (Å²) in [6, 6.07) is 9.04.